The highest BCUT2D eigenvalue weighted by Gasteiger charge is 2.23. The van der Waals surface area contributed by atoms with Crippen LogP contribution < -0.4 is 5.73 Å². The van der Waals surface area contributed by atoms with Crippen molar-refractivity contribution >= 4 is 11.6 Å². The summed E-state index contributed by atoms with van der Waals surface area (Å²) in [6, 6.07) is 7.90. The Labute approximate surface area is 127 Å². The number of hydrogen-bond acceptors (Lipinski definition) is 3. The third-order valence-corrected chi connectivity index (χ3v) is 3.92. The Morgan fingerprint density at radius 2 is 2.24 bits per heavy atom. The zero-order chi connectivity index (χ0) is 15.2. The zero-order valence-corrected chi connectivity index (χ0v) is 13.0. The molecule has 0 saturated carbocycles. The molecule has 1 saturated heterocycles. The van der Waals surface area contributed by atoms with Crippen molar-refractivity contribution in [2.24, 2.45) is 0 Å². The van der Waals surface area contributed by atoms with Gasteiger partial charge in [-0.15, -0.1) is 0 Å². The fraction of sp³-hybridized carbons (Fsp3) is 0.588. The van der Waals surface area contributed by atoms with Crippen LogP contribution in [0.4, 0.5) is 5.69 Å². The lowest BCUT2D eigenvalue weighted by Crippen LogP contribution is -2.39. The van der Waals surface area contributed by atoms with Gasteiger partial charge in [0.1, 0.15) is 0 Å². The fourth-order valence-corrected chi connectivity index (χ4v) is 2.73. The van der Waals surface area contributed by atoms with Crippen LogP contribution in [-0.4, -0.2) is 29.6 Å². The SMILES string of the molecule is CC(C)N(Cc1cccc(N)c1)C(=O)CC1CCCCO1. The van der Waals surface area contributed by atoms with Gasteiger partial charge in [0.05, 0.1) is 12.5 Å². The monoisotopic (exact) mass is 290 g/mol. The predicted octanol–water partition coefficient (Wildman–Crippen LogP) is 2.97. The van der Waals surface area contributed by atoms with E-state index in [2.05, 4.69) is 0 Å². The molecule has 4 heteroatoms. The van der Waals surface area contributed by atoms with Crippen molar-refractivity contribution in [3.05, 3.63) is 29.8 Å². The molecule has 1 aliphatic heterocycles. The molecule has 2 rings (SSSR count). The number of amides is 1. The Kier molecular flexibility index (Phi) is 5.62. The molecular formula is C17H26N2O2. The van der Waals surface area contributed by atoms with Crippen LogP contribution in [0.15, 0.2) is 24.3 Å². The second-order valence-corrected chi connectivity index (χ2v) is 6.05. The Morgan fingerprint density at radius 3 is 2.86 bits per heavy atom. The molecule has 1 atom stereocenters. The average molecular weight is 290 g/mol. The van der Waals surface area contributed by atoms with Crippen molar-refractivity contribution in [1.29, 1.82) is 0 Å². The van der Waals surface area contributed by atoms with Crippen LogP contribution in [-0.2, 0) is 16.1 Å². The van der Waals surface area contributed by atoms with Gasteiger partial charge in [0.15, 0.2) is 0 Å². The standard InChI is InChI=1S/C17H26N2O2/c1-13(2)19(12-14-6-5-7-15(18)10-14)17(20)11-16-8-3-4-9-21-16/h5-7,10,13,16H,3-4,8-9,11-12,18H2,1-2H3. The average Bonchev–Trinajstić information content (AvgIpc) is 2.45. The quantitative estimate of drug-likeness (QED) is 0.848. The van der Waals surface area contributed by atoms with E-state index in [4.69, 9.17) is 10.5 Å². The topological polar surface area (TPSA) is 55.6 Å². The van der Waals surface area contributed by atoms with E-state index in [-0.39, 0.29) is 18.1 Å². The van der Waals surface area contributed by atoms with Crippen LogP contribution in [0, 0.1) is 0 Å². The first-order chi connectivity index (χ1) is 10.1. The predicted molar refractivity (Wildman–Crippen MR) is 84.7 cm³/mol. The van der Waals surface area contributed by atoms with Crippen LogP contribution >= 0.6 is 0 Å². The number of carbonyl (C=O) groups excluding carboxylic acids is 1. The Balaban J connectivity index is 1.98. The molecule has 1 amide bonds. The van der Waals surface area contributed by atoms with Gasteiger partial charge in [-0.1, -0.05) is 12.1 Å². The van der Waals surface area contributed by atoms with E-state index >= 15 is 0 Å². The number of ether oxygens (including phenoxy) is 1. The largest absolute Gasteiger partial charge is 0.399 e. The summed E-state index contributed by atoms with van der Waals surface area (Å²) in [7, 11) is 0. The van der Waals surface area contributed by atoms with E-state index in [1.165, 1.54) is 0 Å². The number of hydrogen-bond donors (Lipinski definition) is 1. The maximum atomic E-state index is 12.6. The first-order valence-corrected chi connectivity index (χ1v) is 7.81. The van der Waals surface area contributed by atoms with E-state index < -0.39 is 0 Å². The molecule has 0 bridgehead atoms. The molecule has 1 heterocycles. The van der Waals surface area contributed by atoms with Crippen LogP contribution in [0.25, 0.3) is 0 Å². The molecule has 0 aromatic heterocycles. The van der Waals surface area contributed by atoms with Crippen molar-refractivity contribution in [3.63, 3.8) is 0 Å². The highest BCUT2D eigenvalue weighted by Crippen LogP contribution is 2.19. The van der Waals surface area contributed by atoms with E-state index in [1.54, 1.807) is 0 Å². The Hall–Kier alpha value is -1.55. The van der Waals surface area contributed by atoms with Crippen LogP contribution in [0.3, 0.4) is 0 Å². The third-order valence-electron chi connectivity index (χ3n) is 3.92. The molecule has 4 nitrogen and oxygen atoms in total. The van der Waals surface area contributed by atoms with Crippen molar-refractivity contribution in [1.82, 2.24) is 4.90 Å². The maximum Gasteiger partial charge on any atom is 0.225 e. The summed E-state index contributed by atoms with van der Waals surface area (Å²) in [5.41, 5.74) is 7.62. The molecule has 0 spiro atoms. The molecular weight excluding hydrogens is 264 g/mol. The minimum atomic E-state index is 0.0911. The first kappa shape index (κ1) is 15.8. The molecule has 116 valence electrons. The second kappa shape index (κ2) is 7.46. The van der Waals surface area contributed by atoms with Gasteiger partial charge in [-0.3, -0.25) is 4.79 Å². The van der Waals surface area contributed by atoms with Crippen molar-refractivity contribution in [2.75, 3.05) is 12.3 Å². The summed E-state index contributed by atoms with van der Waals surface area (Å²) in [6.45, 7) is 5.49. The second-order valence-electron chi connectivity index (χ2n) is 6.05. The lowest BCUT2D eigenvalue weighted by atomic mass is 10.0. The van der Waals surface area contributed by atoms with Gasteiger partial charge in [0.25, 0.3) is 0 Å². The number of nitrogen functional groups attached to an aromatic ring is 1. The van der Waals surface area contributed by atoms with E-state index in [0.29, 0.717) is 13.0 Å². The number of rotatable bonds is 5. The lowest BCUT2D eigenvalue weighted by Gasteiger charge is -2.30. The summed E-state index contributed by atoms with van der Waals surface area (Å²) in [6.07, 6.45) is 3.85. The highest BCUT2D eigenvalue weighted by molar-refractivity contribution is 5.77. The highest BCUT2D eigenvalue weighted by atomic mass is 16.5. The first-order valence-electron chi connectivity index (χ1n) is 7.81. The molecule has 0 aliphatic carbocycles. The summed E-state index contributed by atoms with van der Waals surface area (Å²) >= 11 is 0. The number of carbonyl (C=O) groups is 1. The van der Waals surface area contributed by atoms with E-state index in [9.17, 15) is 4.79 Å². The minimum Gasteiger partial charge on any atom is -0.399 e. The molecule has 1 fully saturated rings. The van der Waals surface area contributed by atoms with Crippen molar-refractivity contribution in [2.45, 2.75) is 58.2 Å². The van der Waals surface area contributed by atoms with Gasteiger partial charge < -0.3 is 15.4 Å². The van der Waals surface area contributed by atoms with Gasteiger partial charge in [-0.25, -0.2) is 0 Å². The van der Waals surface area contributed by atoms with E-state index in [1.807, 2.05) is 43.0 Å². The Bertz CT molecular complexity index is 468. The maximum absolute atomic E-state index is 12.6. The smallest absolute Gasteiger partial charge is 0.225 e. The number of benzene rings is 1. The molecule has 1 aromatic carbocycles. The zero-order valence-electron chi connectivity index (χ0n) is 13.0. The molecule has 1 aliphatic rings. The van der Waals surface area contributed by atoms with Gasteiger partial charge in [0, 0.05) is 24.9 Å². The minimum absolute atomic E-state index is 0.0911. The number of anilines is 1. The Morgan fingerprint density at radius 1 is 1.43 bits per heavy atom. The third kappa shape index (κ3) is 4.74. The lowest BCUT2D eigenvalue weighted by molar-refractivity contribution is -0.137. The molecule has 2 N–H and O–H groups in total. The van der Waals surface area contributed by atoms with Crippen LogP contribution in [0.2, 0.25) is 0 Å². The molecule has 1 aromatic rings. The summed E-state index contributed by atoms with van der Waals surface area (Å²) in [5.74, 6) is 0.166. The summed E-state index contributed by atoms with van der Waals surface area (Å²) < 4.78 is 5.68. The van der Waals surface area contributed by atoms with Crippen LogP contribution in [0.1, 0.15) is 45.1 Å². The number of nitrogens with two attached hydrogens (primary N) is 1. The summed E-state index contributed by atoms with van der Waals surface area (Å²) in [4.78, 5) is 14.5. The van der Waals surface area contributed by atoms with Crippen molar-refractivity contribution < 1.29 is 9.53 Å². The van der Waals surface area contributed by atoms with Gasteiger partial charge in [0.2, 0.25) is 5.91 Å². The molecule has 21 heavy (non-hydrogen) atoms. The van der Waals surface area contributed by atoms with Crippen molar-refractivity contribution in [3.8, 4) is 0 Å². The van der Waals surface area contributed by atoms with Gasteiger partial charge in [-0.2, -0.15) is 0 Å². The number of nitrogens with zero attached hydrogens (tertiary/aromatic N) is 1. The van der Waals surface area contributed by atoms with Gasteiger partial charge in [-0.05, 0) is 50.8 Å². The fourth-order valence-electron chi connectivity index (χ4n) is 2.73. The summed E-state index contributed by atoms with van der Waals surface area (Å²) in [5, 5.41) is 0. The molecule has 1 unspecified atom stereocenters. The van der Waals surface area contributed by atoms with Crippen LogP contribution in [0.5, 0.6) is 0 Å². The molecule has 0 radical (unpaired) electrons. The van der Waals surface area contributed by atoms with E-state index in [0.717, 1.165) is 37.1 Å². The normalized spacial score (nSPS) is 18.7. The van der Waals surface area contributed by atoms with Gasteiger partial charge >= 0.3 is 0 Å².